The van der Waals surface area contributed by atoms with Gasteiger partial charge in [0.2, 0.25) is 0 Å². The minimum absolute atomic E-state index is 0.167. The van der Waals surface area contributed by atoms with Gasteiger partial charge in [0.25, 0.3) is 5.91 Å². The van der Waals surface area contributed by atoms with Gasteiger partial charge in [-0.15, -0.1) is 0 Å². The first-order valence-corrected chi connectivity index (χ1v) is 8.29. The number of fused-ring (bicyclic) bond motifs is 1. The van der Waals surface area contributed by atoms with E-state index in [0.717, 1.165) is 16.8 Å². The number of amides is 1. The van der Waals surface area contributed by atoms with E-state index in [2.05, 4.69) is 20.4 Å². The van der Waals surface area contributed by atoms with Crippen molar-refractivity contribution in [1.82, 2.24) is 19.7 Å². The number of para-hydroxylation sites is 1. The SMILES string of the molecule is COc1cccc2cc(C(=O)Nc3cc(-n4nc(C)cc4C)ncn3)oc12. The molecule has 0 unspecified atom stereocenters. The number of hydrogen-bond donors (Lipinski definition) is 1. The second kappa shape index (κ2) is 6.56. The van der Waals surface area contributed by atoms with Gasteiger partial charge in [-0.1, -0.05) is 12.1 Å². The predicted octanol–water partition coefficient (Wildman–Crippen LogP) is 3.29. The quantitative estimate of drug-likeness (QED) is 0.598. The molecule has 0 atom stereocenters. The number of carbonyl (C=O) groups excluding carboxylic acids is 1. The molecule has 1 amide bonds. The molecule has 0 fully saturated rings. The Morgan fingerprint density at radius 3 is 2.78 bits per heavy atom. The zero-order valence-corrected chi connectivity index (χ0v) is 15.1. The molecule has 4 rings (SSSR count). The van der Waals surface area contributed by atoms with E-state index in [4.69, 9.17) is 9.15 Å². The number of furan rings is 1. The molecule has 3 aromatic heterocycles. The van der Waals surface area contributed by atoms with Crippen molar-refractivity contribution in [2.75, 3.05) is 12.4 Å². The Kier molecular flexibility index (Phi) is 4.08. The van der Waals surface area contributed by atoms with Crippen LogP contribution in [0.5, 0.6) is 5.75 Å². The molecule has 0 saturated carbocycles. The highest BCUT2D eigenvalue weighted by molar-refractivity contribution is 6.04. The molecule has 0 aliphatic carbocycles. The van der Waals surface area contributed by atoms with Crippen molar-refractivity contribution in [2.24, 2.45) is 0 Å². The molecule has 3 heterocycles. The van der Waals surface area contributed by atoms with Crippen LogP contribution in [0.15, 0.2) is 47.1 Å². The summed E-state index contributed by atoms with van der Waals surface area (Å²) in [6.45, 7) is 3.84. The summed E-state index contributed by atoms with van der Waals surface area (Å²) >= 11 is 0. The molecular formula is C19H17N5O3. The molecule has 1 N–H and O–H groups in total. The molecule has 0 spiro atoms. The van der Waals surface area contributed by atoms with Crippen LogP contribution in [0.25, 0.3) is 16.8 Å². The van der Waals surface area contributed by atoms with Gasteiger partial charge in [-0.25, -0.2) is 14.6 Å². The van der Waals surface area contributed by atoms with E-state index in [1.807, 2.05) is 32.0 Å². The summed E-state index contributed by atoms with van der Waals surface area (Å²) in [6, 6.07) is 10.7. The topological polar surface area (TPSA) is 95.1 Å². The van der Waals surface area contributed by atoms with Crippen LogP contribution >= 0.6 is 0 Å². The third-order valence-corrected chi connectivity index (χ3v) is 4.07. The Balaban J connectivity index is 1.62. The van der Waals surface area contributed by atoms with Crippen molar-refractivity contribution < 1.29 is 13.9 Å². The number of nitrogens with zero attached hydrogens (tertiary/aromatic N) is 4. The van der Waals surface area contributed by atoms with Gasteiger partial charge in [-0.3, -0.25) is 4.79 Å². The molecule has 8 heteroatoms. The van der Waals surface area contributed by atoms with Gasteiger partial charge in [0.1, 0.15) is 12.1 Å². The van der Waals surface area contributed by atoms with Gasteiger partial charge in [0.15, 0.2) is 22.9 Å². The molecule has 1 aromatic carbocycles. The lowest BCUT2D eigenvalue weighted by molar-refractivity contribution is 0.0998. The molecule has 0 aliphatic heterocycles. The number of carbonyl (C=O) groups is 1. The highest BCUT2D eigenvalue weighted by Crippen LogP contribution is 2.28. The van der Waals surface area contributed by atoms with Crippen LogP contribution in [0.1, 0.15) is 21.9 Å². The molecule has 4 aromatic rings. The van der Waals surface area contributed by atoms with Crippen LogP contribution < -0.4 is 10.1 Å². The Labute approximate surface area is 154 Å². The Bertz CT molecular complexity index is 1150. The van der Waals surface area contributed by atoms with Gasteiger partial charge in [-0.05, 0) is 32.0 Å². The highest BCUT2D eigenvalue weighted by atomic mass is 16.5. The minimum atomic E-state index is -0.411. The molecule has 0 radical (unpaired) electrons. The summed E-state index contributed by atoms with van der Waals surface area (Å²) in [6.07, 6.45) is 1.38. The van der Waals surface area contributed by atoms with Gasteiger partial charge in [0.05, 0.1) is 12.8 Å². The summed E-state index contributed by atoms with van der Waals surface area (Å²) in [5.41, 5.74) is 2.34. The maximum atomic E-state index is 12.6. The van der Waals surface area contributed by atoms with Crippen molar-refractivity contribution in [2.45, 2.75) is 13.8 Å². The van der Waals surface area contributed by atoms with Crippen LogP contribution in [0.4, 0.5) is 5.82 Å². The Morgan fingerprint density at radius 2 is 2.04 bits per heavy atom. The van der Waals surface area contributed by atoms with Crippen LogP contribution in [0.2, 0.25) is 0 Å². The maximum absolute atomic E-state index is 12.6. The lowest BCUT2D eigenvalue weighted by Crippen LogP contribution is -2.13. The van der Waals surface area contributed by atoms with Crippen LogP contribution in [0, 0.1) is 13.8 Å². The standard InChI is InChI=1S/C19H17N5O3/c1-11-7-12(2)24(23-11)17-9-16(20-10-21-17)22-19(25)15-8-13-5-4-6-14(26-3)18(13)27-15/h4-10H,1-3H3,(H,20,21,22,25). The Morgan fingerprint density at radius 1 is 1.19 bits per heavy atom. The van der Waals surface area contributed by atoms with Crippen molar-refractivity contribution in [3.8, 4) is 11.6 Å². The summed E-state index contributed by atoms with van der Waals surface area (Å²) in [5, 5.41) is 7.90. The van der Waals surface area contributed by atoms with Crippen molar-refractivity contribution in [3.63, 3.8) is 0 Å². The van der Waals surface area contributed by atoms with Crippen LogP contribution in [-0.4, -0.2) is 32.8 Å². The van der Waals surface area contributed by atoms with E-state index in [-0.39, 0.29) is 5.76 Å². The second-order valence-electron chi connectivity index (χ2n) is 6.04. The van der Waals surface area contributed by atoms with Crippen molar-refractivity contribution in [1.29, 1.82) is 0 Å². The number of nitrogens with one attached hydrogen (secondary N) is 1. The van der Waals surface area contributed by atoms with Crippen LogP contribution in [-0.2, 0) is 0 Å². The van der Waals surface area contributed by atoms with Crippen molar-refractivity contribution in [3.05, 3.63) is 59.9 Å². The zero-order chi connectivity index (χ0) is 19.0. The van der Waals surface area contributed by atoms with Gasteiger partial charge in [0, 0.05) is 17.1 Å². The van der Waals surface area contributed by atoms with E-state index in [1.165, 1.54) is 6.33 Å². The molecule has 8 nitrogen and oxygen atoms in total. The number of benzene rings is 1. The van der Waals surface area contributed by atoms with E-state index in [0.29, 0.717) is 23.0 Å². The Hall–Kier alpha value is -3.68. The predicted molar refractivity (Wildman–Crippen MR) is 99.3 cm³/mol. The number of rotatable bonds is 4. The first kappa shape index (κ1) is 16.8. The molecule has 0 aliphatic rings. The number of hydrogen-bond acceptors (Lipinski definition) is 6. The van der Waals surface area contributed by atoms with Crippen LogP contribution in [0.3, 0.4) is 0 Å². The monoisotopic (exact) mass is 363 g/mol. The first-order valence-electron chi connectivity index (χ1n) is 8.29. The molecule has 27 heavy (non-hydrogen) atoms. The molecular weight excluding hydrogens is 346 g/mol. The number of ether oxygens (including phenoxy) is 1. The minimum Gasteiger partial charge on any atom is -0.493 e. The summed E-state index contributed by atoms with van der Waals surface area (Å²) in [5.74, 6) is 1.24. The van der Waals surface area contributed by atoms with E-state index >= 15 is 0 Å². The summed E-state index contributed by atoms with van der Waals surface area (Å²) in [4.78, 5) is 20.9. The highest BCUT2D eigenvalue weighted by Gasteiger charge is 2.16. The average molecular weight is 363 g/mol. The first-order chi connectivity index (χ1) is 13.0. The second-order valence-corrected chi connectivity index (χ2v) is 6.04. The third kappa shape index (κ3) is 3.12. The van der Waals surface area contributed by atoms with E-state index < -0.39 is 5.91 Å². The van der Waals surface area contributed by atoms with E-state index in [1.54, 1.807) is 30.0 Å². The summed E-state index contributed by atoms with van der Waals surface area (Å²) in [7, 11) is 1.55. The van der Waals surface area contributed by atoms with Gasteiger partial charge >= 0.3 is 0 Å². The van der Waals surface area contributed by atoms with Crippen molar-refractivity contribution >= 4 is 22.7 Å². The lowest BCUT2D eigenvalue weighted by atomic mass is 10.2. The fraction of sp³-hybridized carbons (Fsp3) is 0.158. The molecule has 0 saturated heterocycles. The average Bonchev–Trinajstić information content (AvgIpc) is 3.24. The zero-order valence-electron chi connectivity index (χ0n) is 15.1. The smallest absolute Gasteiger partial charge is 0.292 e. The van der Waals surface area contributed by atoms with E-state index in [9.17, 15) is 4.79 Å². The number of anilines is 1. The lowest BCUT2D eigenvalue weighted by Gasteiger charge is -2.06. The number of aryl methyl sites for hydroxylation is 2. The third-order valence-electron chi connectivity index (χ3n) is 4.07. The molecule has 0 bridgehead atoms. The molecule has 136 valence electrons. The fourth-order valence-electron chi connectivity index (χ4n) is 2.88. The largest absolute Gasteiger partial charge is 0.493 e. The summed E-state index contributed by atoms with van der Waals surface area (Å²) < 4.78 is 12.6. The van der Waals surface area contributed by atoms with Gasteiger partial charge in [-0.2, -0.15) is 5.10 Å². The fourth-order valence-corrected chi connectivity index (χ4v) is 2.88. The van der Waals surface area contributed by atoms with Gasteiger partial charge < -0.3 is 14.5 Å². The number of methoxy groups -OCH3 is 1. The maximum Gasteiger partial charge on any atom is 0.292 e. The number of aromatic nitrogens is 4. The normalized spacial score (nSPS) is 10.9.